The number of rotatable bonds is 7. The van der Waals surface area contributed by atoms with Crippen molar-refractivity contribution in [3.05, 3.63) is 60.2 Å². The average molecular weight is 370 g/mol. The summed E-state index contributed by atoms with van der Waals surface area (Å²) in [5, 5.41) is 22.2. The molecule has 3 rings (SSSR count). The van der Waals surface area contributed by atoms with Gasteiger partial charge in [-0.25, -0.2) is 4.79 Å². The average Bonchev–Trinajstić information content (AvgIpc) is 3.10. The van der Waals surface area contributed by atoms with Crippen molar-refractivity contribution in [3.8, 4) is 5.75 Å². The van der Waals surface area contributed by atoms with Crippen molar-refractivity contribution < 1.29 is 19.7 Å². The van der Waals surface area contributed by atoms with Crippen LogP contribution in [0.5, 0.6) is 5.75 Å². The maximum absolute atomic E-state index is 12.5. The van der Waals surface area contributed by atoms with Gasteiger partial charge in [0, 0.05) is 6.54 Å². The quantitative estimate of drug-likeness (QED) is 0.655. The second-order valence-corrected chi connectivity index (χ2v) is 6.92. The van der Waals surface area contributed by atoms with Gasteiger partial charge in [-0.05, 0) is 37.0 Å². The van der Waals surface area contributed by atoms with Crippen molar-refractivity contribution in [1.82, 2.24) is 4.90 Å². The molecule has 2 aromatic carbocycles. The van der Waals surface area contributed by atoms with Crippen LogP contribution in [-0.4, -0.2) is 53.0 Å². The van der Waals surface area contributed by atoms with Crippen LogP contribution < -0.4 is 10.1 Å². The molecular formula is C21H26N2O4. The number of aliphatic hydroxyl groups excluding tert-OH is 1. The van der Waals surface area contributed by atoms with Gasteiger partial charge in [-0.3, -0.25) is 0 Å². The number of para-hydroxylation sites is 2. The summed E-state index contributed by atoms with van der Waals surface area (Å²) in [5.41, 5.74) is 0.667. The number of carbonyl (C=O) groups excluding carboxylic acids is 1. The van der Waals surface area contributed by atoms with Crippen LogP contribution in [0.15, 0.2) is 54.6 Å². The zero-order valence-corrected chi connectivity index (χ0v) is 15.3. The number of amides is 2. The molecule has 27 heavy (non-hydrogen) atoms. The van der Waals surface area contributed by atoms with Gasteiger partial charge < -0.3 is 25.2 Å². The fraction of sp³-hybridized carbons (Fsp3) is 0.381. The van der Waals surface area contributed by atoms with Crippen molar-refractivity contribution in [2.45, 2.75) is 24.9 Å². The Bertz CT molecular complexity index is 753. The van der Waals surface area contributed by atoms with Gasteiger partial charge in [0.05, 0.1) is 25.4 Å². The molecule has 2 aromatic rings. The summed E-state index contributed by atoms with van der Waals surface area (Å²) in [6, 6.07) is 17.2. The molecule has 0 aliphatic carbocycles. The summed E-state index contributed by atoms with van der Waals surface area (Å²) in [6.45, 7) is 0.728. The number of aryl methyl sites for hydroxylation is 1. The van der Waals surface area contributed by atoms with E-state index in [0.29, 0.717) is 31.0 Å². The Balaban J connectivity index is 1.52. The first-order valence-corrected chi connectivity index (χ1v) is 9.25. The summed E-state index contributed by atoms with van der Waals surface area (Å²) < 4.78 is 5.86. The highest BCUT2D eigenvalue weighted by atomic mass is 16.5. The van der Waals surface area contributed by atoms with Crippen molar-refractivity contribution >= 4 is 11.7 Å². The first-order chi connectivity index (χ1) is 13.1. The Morgan fingerprint density at radius 1 is 1.15 bits per heavy atom. The number of likely N-dealkylation sites (tertiary alicyclic amines) is 1. The van der Waals surface area contributed by atoms with Crippen LogP contribution in [0.2, 0.25) is 0 Å². The highest BCUT2D eigenvalue weighted by molar-refractivity contribution is 5.91. The van der Waals surface area contributed by atoms with Crippen LogP contribution in [0.4, 0.5) is 10.5 Å². The zero-order valence-electron chi connectivity index (χ0n) is 15.3. The molecule has 0 radical (unpaired) electrons. The van der Waals surface area contributed by atoms with E-state index in [4.69, 9.17) is 4.74 Å². The molecule has 1 fully saturated rings. The lowest BCUT2D eigenvalue weighted by Crippen LogP contribution is -2.40. The molecule has 2 amide bonds. The Morgan fingerprint density at radius 3 is 2.63 bits per heavy atom. The predicted octanol–water partition coefficient (Wildman–Crippen LogP) is 2.66. The van der Waals surface area contributed by atoms with Crippen molar-refractivity contribution in [3.63, 3.8) is 0 Å². The molecule has 0 spiro atoms. The van der Waals surface area contributed by atoms with E-state index in [1.807, 2.05) is 36.4 Å². The summed E-state index contributed by atoms with van der Waals surface area (Å²) in [4.78, 5) is 14.0. The van der Waals surface area contributed by atoms with Crippen LogP contribution in [0.3, 0.4) is 0 Å². The number of hydrogen-bond acceptors (Lipinski definition) is 4. The van der Waals surface area contributed by atoms with Crippen LogP contribution >= 0.6 is 0 Å². The second-order valence-electron chi connectivity index (χ2n) is 6.92. The summed E-state index contributed by atoms with van der Waals surface area (Å²) in [6.07, 6.45) is 2.18. The van der Waals surface area contributed by atoms with E-state index in [1.165, 1.54) is 10.5 Å². The van der Waals surface area contributed by atoms with Crippen molar-refractivity contribution in [1.29, 1.82) is 0 Å². The standard InChI is InChI=1S/C21H26N2O4/c24-16-21(26)12-13-23(15-21)20(25)22-18-10-4-5-11-19(18)27-14-6-9-17-7-2-1-3-8-17/h1-5,7-8,10-11,24,26H,6,9,12-16H2,(H,22,25)/t21-/m0/s1. The third-order valence-corrected chi connectivity index (χ3v) is 4.75. The lowest BCUT2D eigenvalue weighted by atomic mass is 10.1. The largest absolute Gasteiger partial charge is 0.491 e. The van der Waals surface area contributed by atoms with Crippen LogP contribution in [0.25, 0.3) is 0 Å². The van der Waals surface area contributed by atoms with E-state index in [9.17, 15) is 15.0 Å². The van der Waals surface area contributed by atoms with E-state index in [1.54, 1.807) is 6.07 Å². The van der Waals surface area contributed by atoms with Gasteiger partial charge in [-0.2, -0.15) is 0 Å². The normalized spacial score (nSPS) is 19.1. The molecule has 1 heterocycles. The number of nitrogens with zero attached hydrogens (tertiary/aromatic N) is 1. The van der Waals surface area contributed by atoms with Crippen molar-refractivity contribution in [2.24, 2.45) is 0 Å². The number of carbonyl (C=O) groups is 1. The van der Waals surface area contributed by atoms with E-state index < -0.39 is 5.60 Å². The molecular weight excluding hydrogens is 344 g/mol. The van der Waals surface area contributed by atoms with E-state index >= 15 is 0 Å². The lowest BCUT2D eigenvalue weighted by Gasteiger charge is -2.21. The lowest BCUT2D eigenvalue weighted by molar-refractivity contribution is -0.00246. The number of anilines is 1. The number of urea groups is 1. The fourth-order valence-electron chi connectivity index (χ4n) is 3.15. The Labute approximate surface area is 159 Å². The number of ether oxygens (including phenoxy) is 1. The highest BCUT2D eigenvalue weighted by Crippen LogP contribution is 2.26. The summed E-state index contributed by atoms with van der Waals surface area (Å²) in [5.74, 6) is 0.621. The van der Waals surface area contributed by atoms with E-state index in [2.05, 4.69) is 17.4 Å². The molecule has 3 N–H and O–H groups in total. The molecule has 0 bridgehead atoms. The molecule has 6 nitrogen and oxygen atoms in total. The predicted molar refractivity (Wildman–Crippen MR) is 104 cm³/mol. The summed E-state index contributed by atoms with van der Waals surface area (Å²) >= 11 is 0. The molecule has 1 atom stereocenters. The van der Waals surface area contributed by atoms with Gasteiger partial charge >= 0.3 is 6.03 Å². The third kappa shape index (κ3) is 5.21. The second kappa shape index (κ2) is 8.88. The molecule has 1 aliphatic heterocycles. The molecule has 0 saturated carbocycles. The maximum Gasteiger partial charge on any atom is 0.322 e. The number of benzene rings is 2. The topological polar surface area (TPSA) is 82.0 Å². The van der Waals surface area contributed by atoms with Crippen molar-refractivity contribution in [2.75, 3.05) is 31.6 Å². The minimum absolute atomic E-state index is 0.120. The molecule has 0 aromatic heterocycles. The SMILES string of the molecule is O=C(Nc1ccccc1OCCCc1ccccc1)N1CC[C@@](O)(CO)C1. The fourth-order valence-corrected chi connectivity index (χ4v) is 3.15. The summed E-state index contributed by atoms with van der Waals surface area (Å²) in [7, 11) is 0. The number of β-amino-alcohol motifs (C(OH)–C–C–N with tert-alkyl or cyclic N) is 1. The van der Waals surface area contributed by atoms with Crippen LogP contribution in [-0.2, 0) is 6.42 Å². The first kappa shape index (κ1) is 19.2. The Hall–Kier alpha value is -2.57. The molecule has 6 heteroatoms. The van der Waals surface area contributed by atoms with Gasteiger partial charge in [-0.15, -0.1) is 0 Å². The molecule has 1 aliphatic rings. The third-order valence-electron chi connectivity index (χ3n) is 4.75. The Morgan fingerprint density at radius 2 is 1.89 bits per heavy atom. The smallest absolute Gasteiger partial charge is 0.322 e. The first-order valence-electron chi connectivity index (χ1n) is 9.25. The molecule has 144 valence electrons. The van der Waals surface area contributed by atoms with Gasteiger partial charge in [0.2, 0.25) is 0 Å². The molecule has 1 saturated heterocycles. The van der Waals surface area contributed by atoms with Gasteiger partial charge in [0.25, 0.3) is 0 Å². The highest BCUT2D eigenvalue weighted by Gasteiger charge is 2.37. The Kier molecular flexibility index (Phi) is 6.32. The van der Waals surface area contributed by atoms with E-state index in [0.717, 1.165) is 12.8 Å². The minimum Gasteiger partial charge on any atom is -0.491 e. The minimum atomic E-state index is -1.20. The van der Waals surface area contributed by atoms with Gasteiger partial charge in [-0.1, -0.05) is 42.5 Å². The van der Waals surface area contributed by atoms with Gasteiger partial charge in [0.15, 0.2) is 0 Å². The van der Waals surface area contributed by atoms with Crippen LogP contribution in [0.1, 0.15) is 18.4 Å². The monoisotopic (exact) mass is 370 g/mol. The van der Waals surface area contributed by atoms with Crippen LogP contribution in [0, 0.1) is 0 Å². The maximum atomic E-state index is 12.5. The number of hydrogen-bond donors (Lipinski definition) is 3. The van der Waals surface area contributed by atoms with E-state index in [-0.39, 0.29) is 19.2 Å². The molecule has 0 unspecified atom stereocenters. The van der Waals surface area contributed by atoms with Gasteiger partial charge in [0.1, 0.15) is 11.4 Å². The number of nitrogens with one attached hydrogen (secondary N) is 1. The zero-order chi connectivity index (χ0) is 19.1. The number of aliphatic hydroxyl groups is 2.